The average Bonchev–Trinajstić information content (AvgIpc) is 1.05. The molecule has 0 bridgehead atoms. The molecule has 6 heteroatoms. The highest BCUT2D eigenvalue weighted by molar-refractivity contribution is 7.25. The minimum absolute atomic E-state index is 0.817. The zero-order valence-electron chi connectivity index (χ0n) is 50.1. The van der Waals surface area contributed by atoms with Crippen molar-refractivity contribution in [1.29, 1.82) is 0 Å². The smallest absolute Gasteiger partial charge is 0.145 e. The molecule has 0 saturated carbocycles. The number of furan rings is 1. The van der Waals surface area contributed by atoms with Crippen molar-refractivity contribution in [2.45, 2.75) is 13.3 Å². The van der Waals surface area contributed by atoms with E-state index in [4.69, 9.17) is 14.4 Å². The Balaban J connectivity index is 0.849. The van der Waals surface area contributed by atoms with E-state index in [0.717, 1.165) is 107 Å². The van der Waals surface area contributed by atoms with Gasteiger partial charge >= 0.3 is 0 Å². The molecule has 0 radical (unpaired) electrons. The third kappa shape index (κ3) is 8.10. The predicted octanol–water partition coefficient (Wildman–Crippen LogP) is 23.8. The van der Waals surface area contributed by atoms with Gasteiger partial charge in [-0.05, 0) is 196 Å². The fraction of sp³-hybridized carbons (Fsp3) is 0.0233. The van der Waals surface area contributed by atoms with E-state index >= 15 is 0 Å². The largest absolute Gasteiger partial charge is 0.456 e. The van der Waals surface area contributed by atoms with Crippen LogP contribution in [0.1, 0.15) is 12.7 Å². The molecule has 92 heavy (non-hydrogen) atoms. The summed E-state index contributed by atoms with van der Waals surface area (Å²) in [5, 5.41) is 14.3. The number of fused-ring (bicyclic) bond motifs is 12. The fourth-order valence-electron chi connectivity index (χ4n) is 14.9. The van der Waals surface area contributed by atoms with Crippen molar-refractivity contribution in [2.24, 2.45) is 0 Å². The van der Waals surface area contributed by atoms with Crippen molar-refractivity contribution in [3.63, 3.8) is 0 Å². The number of rotatable bonds is 9. The number of aromatic nitrogens is 4. The van der Waals surface area contributed by atoms with E-state index < -0.39 is 0 Å². The lowest BCUT2D eigenvalue weighted by atomic mass is 9.83. The van der Waals surface area contributed by atoms with Gasteiger partial charge in [0.05, 0.1) is 22.1 Å². The summed E-state index contributed by atoms with van der Waals surface area (Å²) >= 11 is 1.86. The van der Waals surface area contributed by atoms with Crippen molar-refractivity contribution in [3.8, 4) is 78.4 Å². The lowest BCUT2D eigenvalue weighted by Gasteiger charge is -2.20. The Morgan fingerprint density at radius 2 is 0.717 bits per heavy atom. The molecule has 0 N–H and O–H groups in total. The van der Waals surface area contributed by atoms with Crippen LogP contribution in [0.2, 0.25) is 0 Å². The summed E-state index contributed by atoms with van der Waals surface area (Å²) in [4.78, 5) is 10.3. The molecule has 15 aromatic carbocycles. The molecule has 0 saturated heterocycles. The van der Waals surface area contributed by atoms with Crippen LogP contribution in [0.3, 0.4) is 0 Å². The highest BCUT2D eigenvalue weighted by atomic mass is 32.1. The second-order valence-corrected chi connectivity index (χ2v) is 25.2. The molecule has 0 amide bonds. The molecule has 0 aliphatic rings. The van der Waals surface area contributed by atoms with Gasteiger partial charge < -0.3 is 4.42 Å². The molecule has 5 nitrogen and oxygen atoms in total. The van der Waals surface area contributed by atoms with E-state index in [1.165, 1.54) is 91.1 Å². The van der Waals surface area contributed by atoms with Gasteiger partial charge in [-0.15, -0.1) is 11.3 Å². The van der Waals surface area contributed by atoms with E-state index in [1.54, 1.807) is 0 Å². The Bertz CT molecular complexity index is 6220. The van der Waals surface area contributed by atoms with Crippen LogP contribution in [0.25, 0.3) is 186 Å². The average molecular weight is 1190 g/mol. The van der Waals surface area contributed by atoms with Crippen molar-refractivity contribution >= 4 is 119 Å². The monoisotopic (exact) mass is 1190 g/mol. The Hall–Kier alpha value is -11.7. The van der Waals surface area contributed by atoms with Gasteiger partial charge in [-0.1, -0.05) is 207 Å². The lowest BCUT2D eigenvalue weighted by molar-refractivity contribution is 0.669. The summed E-state index contributed by atoms with van der Waals surface area (Å²) in [6, 6.07) is 109. The quantitative estimate of drug-likeness (QED) is 0.135. The molecule has 0 atom stereocenters. The third-order valence-corrected chi connectivity index (χ3v) is 20.2. The second kappa shape index (κ2) is 20.7. The molecule has 19 aromatic rings. The Morgan fingerprint density at radius 1 is 0.293 bits per heavy atom. The lowest BCUT2D eigenvalue weighted by Crippen LogP contribution is -2.00. The summed E-state index contributed by atoms with van der Waals surface area (Å²) in [6.07, 6.45) is 0.817. The molecule has 19 rings (SSSR count). The van der Waals surface area contributed by atoms with E-state index in [2.05, 4.69) is 307 Å². The van der Waals surface area contributed by atoms with Gasteiger partial charge in [0.25, 0.3) is 0 Å². The van der Waals surface area contributed by atoms with E-state index in [0.29, 0.717) is 0 Å². The molecular formula is C86H54N4OS. The SMILES string of the molecule is CCc1nc2ccccc2n1-c1ccc(-c2c3ccccc3c(-c3ccc4c(c3)oc3ccccc34)c3ccc(-c4ccc5c(-c6ccc7sc8ccccc8c7c6)c6ccccc6c(-c6ccc(-n7c(-c8ccccc8)nc8ccccc87)cc6)c5c4)cc23)cc1. The zero-order valence-corrected chi connectivity index (χ0v) is 50.9. The van der Waals surface area contributed by atoms with Crippen LogP contribution < -0.4 is 0 Å². The standard InChI is InChI=1S/C86H54N4OS/c1-2-81-87-73-26-12-14-28-75(73)89(81)59-40-32-52(33-41-59)82-65-23-7-9-25-67(65)85(58-38-44-62-61-20-10-16-30-77(61)91-78(62)51-58)69-46-37-56(49-72(69)82)55-36-45-68-71(48-55)83(53-34-42-60(43-35-53)90-76-29-15-13-27-74(76)88-86(90)54-18-4-3-5-19-54)64-22-6-8-24-66(64)84(68)57-39-47-80-70(50-57)63-21-11-17-31-79(63)92-80/h3-51H,2H2,1H3. The van der Waals surface area contributed by atoms with Crippen LogP contribution >= 0.6 is 11.3 Å². The van der Waals surface area contributed by atoms with Gasteiger partial charge in [0.15, 0.2) is 0 Å². The highest BCUT2D eigenvalue weighted by Crippen LogP contribution is 2.50. The van der Waals surface area contributed by atoms with E-state index in [9.17, 15) is 0 Å². The fourth-order valence-corrected chi connectivity index (χ4v) is 16.0. The summed E-state index contributed by atoms with van der Waals surface area (Å²) < 4.78 is 13.8. The number of nitrogens with zero attached hydrogens (tertiary/aromatic N) is 4. The molecule has 0 unspecified atom stereocenters. The van der Waals surface area contributed by atoms with Crippen LogP contribution in [0.15, 0.2) is 302 Å². The van der Waals surface area contributed by atoms with Gasteiger partial charge in [-0.3, -0.25) is 9.13 Å². The second-order valence-electron chi connectivity index (χ2n) is 24.2. The van der Waals surface area contributed by atoms with E-state index in [-0.39, 0.29) is 0 Å². The first kappa shape index (κ1) is 52.3. The summed E-state index contributed by atoms with van der Waals surface area (Å²) in [6.45, 7) is 2.18. The number of thiophene rings is 1. The van der Waals surface area contributed by atoms with Crippen LogP contribution in [0.5, 0.6) is 0 Å². The maximum atomic E-state index is 6.62. The third-order valence-electron chi connectivity index (χ3n) is 19.1. The van der Waals surface area contributed by atoms with Crippen LogP contribution in [-0.4, -0.2) is 19.1 Å². The van der Waals surface area contributed by atoms with Gasteiger partial charge in [0, 0.05) is 54.3 Å². The molecule has 0 fully saturated rings. The molecule has 0 spiro atoms. The first-order valence-electron chi connectivity index (χ1n) is 31.6. The summed E-state index contributed by atoms with van der Waals surface area (Å²) in [5.41, 5.74) is 20.8. The van der Waals surface area contributed by atoms with Gasteiger partial charge in [-0.25, -0.2) is 9.97 Å². The van der Waals surface area contributed by atoms with Gasteiger partial charge in [-0.2, -0.15) is 0 Å². The molecule has 0 aliphatic heterocycles. The molecular weight excluding hydrogens is 1140 g/mol. The summed E-state index contributed by atoms with van der Waals surface area (Å²) in [7, 11) is 0. The molecule has 4 heterocycles. The Labute approximate surface area is 533 Å². The van der Waals surface area contributed by atoms with Crippen molar-refractivity contribution in [3.05, 3.63) is 303 Å². The maximum absolute atomic E-state index is 6.62. The Morgan fingerprint density at radius 3 is 1.35 bits per heavy atom. The van der Waals surface area contributed by atoms with Crippen molar-refractivity contribution < 1.29 is 4.42 Å². The highest BCUT2D eigenvalue weighted by Gasteiger charge is 2.24. The van der Waals surface area contributed by atoms with Crippen molar-refractivity contribution in [1.82, 2.24) is 19.1 Å². The van der Waals surface area contributed by atoms with E-state index in [1.807, 2.05) is 17.4 Å². The zero-order chi connectivity index (χ0) is 60.5. The maximum Gasteiger partial charge on any atom is 0.145 e. The Kier molecular flexibility index (Phi) is 11.8. The minimum atomic E-state index is 0.817. The van der Waals surface area contributed by atoms with Crippen LogP contribution in [0.4, 0.5) is 0 Å². The van der Waals surface area contributed by atoms with Crippen LogP contribution in [0, 0.1) is 0 Å². The first-order valence-corrected chi connectivity index (χ1v) is 32.4. The number of benzene rings is 15. The molecule has 430 valence electrons. The number of hydrogen-bond donors (Lipinski definition) is 0. The molecule has 0 aliphatic carbocycles. The number of hydrogen-bond acceptors (Lipinski definition) is 4. The number of aryl methyl sites for hydroxylation is 1. The molecule has 4 aromatic heterocycles. The number of imidazole rings is 2. The normalized spacial score (nSPS) is 12.0. The van der Waals surface area contributed by atoms with Crippen LogP contribution in [-0.2, 0) is 6.42 Å². The summed E-state index contributed by atoms with van der Waals surface area (Å²) in [5.74, 6) is 1.95. The number of para-hydroxylation sites is 5. The predicted molar refractivity (Wildman–Crippen MR) is 388 cm³/mol. The minimum Gasteiger partial charge on any atom is -0.456 e. The van der Waals surface area contributed by atoms with Crippen molar-refractivity contribution in [2.75, 3.05) is 0 Å². The van der Waals surface area contributed by atoms with Gasteiger partial charge in [0.2, 0.25) is 0 Å². The first-order chi connectivity index (χ1) is 45.6. The van der Waals surface area contributed by atoms with Gasteiger partial charge in [0.1, 0.15) is 22.8 Å². The topological polar surface area (TPSA) is 48.8 Å².